The number of carbonyl (C=O) groups is 1. The van der Waals surface area contributed by atoms with Gasteiger partial charge in [-0.25, -0.2) is 4.79 Å². The van der Waals surface area contributed by atoms with Crippen LogP contribution in [0.4, 0.5) is 0 Å². The third-order valence-electron chi connectivity index (χ3n) is 3.29. The SMILES string of the molecule is Cc1ccc(/C=C/c2ccn(C(C)C(=O)O)c(=O)c2)cc1. The Morgan fingerprint density at radius 3 is 2.33 bits per heavy atom. The topological polar surface area (TPSA) is 59.3 Å². The Hall–Kier alpha value is -2.62. The molecule has 0 aliphatic rings. The number of carboxylic acids is 1. The Bertz CT molecular complexity index is 726. The lowest BCUT2D eigenvalue weighted by Crippen LogP contribution is -2.26. The number of hydrogen-bond donors (Lipinski definition) is 1. The van der Waals surface area contributed by atoms with E-state index in [1.165, 1.54) is 29.3 Å². The second kappa shape index (κ2) is 6.22. The molecule has 1 unspecified atom stereocenters. The largest absolute Gasteiger partial charge is 0.480 e. The first-order chi connectivity index (χ1) is 9.97. The zero-order chi connectivity index (χ0) is 15.4. The molecule has 0 amide bonds. The molecule has 0 aliphatic carbocycles. The summed E-state index contributed by atoms with van der Waals surface area (Å²) < 4.78 is 1.20. The van der Waals surface area contributed by atoms with Crippen LogP contribution in [0, 0.1) is 6.92 Å². The molecule has 108 valence electrons. The van der Waals surface area contributed by atoms with Crippen molar-refractivity contribution in [3.05, 3.63) is 69.6 Å². The minimum absolute atomic E-state index is 0.323. The van der Waals surface area contributed by atoms with Gasteiger partial charge in [-0.15, -0.1) is 0 Å². The fourth-order valence-corrected chi connectivity index (χ4v) is 1.92. The summed E-state index contributed by atoms with van der Waals surface area (Å²) in [6.07, 6.45) is 5.26. The Morgan fingerprint density at radius 2 is 1.76 bits per heavy atom. The zero-order valence-corrected chi connectivity index (χ0v) is 12.0. The maximum absolute atomic E-state index is 11.9. The molecule has 2 rings (SSSR count). The lowest BCUT2D eigenvalue weighted by atomic mass is 10.1. The molecule has 0 saturated heterocycles. The van der Waals surface area contributed by atoms with Gasteiger partial charge in [0.1, 0.15) is 6.04 Å². The first-order valence-corrected chi connectivity index (χ1v) is 6.67. The molecule has 2 aromatic rings. The molecular weight excluding hydrogens is 266 g/mol. The lowest BCUT2D eigenvalue weighted by Gasteiger charge is -2.10. The number of hydrogen-bond acceptors (Lipinski definition) is 2. The van der Waals surface area contributed by atoms with Crippen LogP contribution >= 0.6 is 0 Å². The number of aromatic nitrogens is 1. The highest BCUT2D eigenvalue weighted by atomic mass is 16.4. The molecule has 0 radical (unpaired) electrons. The summed E-state index contributed by atoms with van der Waals surface area (Å²) in [5, 5.41) is 8.93. The van der Waals surface area contributed by atoms with E-state index >= 15 is 0 Å². The number of carboxylic acid groups (broad SMARTS) is 1. The van der Waals surface area contributed by atoms with Crippen molar-refractivity contribution < 1.29 is 9.90 Å². The van der Waals surface area contributed by atoms with Crippen molar-refractivity contribution in [3.63, 3.8) is 0 Å². The van der Waals surface area contributed by atoms with Crippen LogP contribution in [0.2, 0.25) is 0 Å². The summed E-state index contributed by atoms with van der Waals surface area (Å²) in [6.45, 7) is 3.50. The van der Waals surface area contributed by atoms with E-state index in [2.05, 4.69) is 0 Å². The average Bonchev–Trinajstić information content (AvgIpc) is 2.46. The molecule has 0 spiro atoms. The zero-order valence-electron chi connectivity index (χ0n) is 12.0. The molecule has 1 N–H and O–H groups in total. The van der Waals surface area contributed by atoms with Crippen LogP contribution in [0.1, 0.15) is 29.7 Å². The van der Waals surface area contributed by atoms with E-state index in [-0.39, 0.29) is 5.56 Å². The van der Waals surface area contributed by atoms with Crippen LogP contribution in [0.3, 0.4) is 0 Å². The fraction of sp³-hybridized carbons (Fsp3) is 0.176. The van der Waals surface area contributed by atoms with E-state index in [1.807, 2.05) is 43.3 Å². The lowest BCUT2D eigenvalue weighted by molar-refractivity contribution is -0.140. The molecule has 1 aromatic heterocycles. The van der Waals surface area contributed by atoms with Gasteiger partial charge in [0.15, 0.2) is 0 Å². The van der Waals surface area contributed by atoms with Gasteiger partial charge in [-0.1, -0.05) is 42.0 Å². The smallest absolute Gasteiger partial charge is 0.326 e. The van der Waals surface area contributed by atoms with Crippen LogP contribution in [0.5, 0.6) is 0 Å². The summed E-state index contributed by atoms with van der Waals surface area (Å²) in [4.78, 5) is 22.8. The summed E-state index contributed by atoms with van der Waals surface area (Å²) in [5.41, 5.74) is 2.66. The second-order valence-corrected chi connectivity index (χ2v) is 4.96. The van der Waals surface area contributed by atoms with Crippen molar-refractivity contribution in [2.75, 3.05) is 0 Å². The first kappa shape index (κ1) is 14.8. The second-order valence-electron chi connectivity index (χ2n) is 4.96. The van der Waals surface area contributed by atoms with Gasteiger partial charge in [-0.05, 0) is 31.0 Å². The standard InChI is InChI=1S/C17H17NO3/c1-12-3-5-14(6-4-12)7-8-15-9-10-18(16(19)11-15)13(2)17(20)21/h3-11,13H,1-2H3,(H,20,21)/b8-7+. The van der Waals surface area contributed by atoms with E-state index in [9.17, 15) is 9.59 Å². The molecule has 1 heterocycles. The Morgan fingerprint density at radius 1 is 1.14 bits per heavy atom. The van der Waals surface area contributed by atoms with Crippen molar-refractivity contribution in [2.24, 2.45) is 0 Å². The van der Waals surface area contributed by atoms with Crippen LogP contribution in [-0.4, -0.2) is 15.6 Å². The monoisotopic (exact) mass is 283 g/mol. The van der Waals surface area contributed by atoms with E-state index in [4.69, 9.17) is 5.11 Å². The van der Waals surface area contributed by atoms with Gasteiger partial charge in [0.05, 0.1) is 0 Å². The summed E-state index contributed by atoms with van der Waals surface area (Å²) in [7, 11) is 0. The molecule has 0 fully saturated rings. The molecule has 0 aliphatic heterocycles. The van der Waals surface area contributed by atoms with Crippen molar-refractivity contribution in [2.45, 2.75) is 19.9 Å². The highest BCUT2D eigenvalue weighted by Gasteiger charge is 2.13. The predicted molar refractivity (Wildman–Crippen MR) is 83.2 cm³/mol. The van der Waals surface area contributed by atoms with Crippen molar-refractivity contribution in [1.82, 2.24) is 4.57 Å². The summed E-state index contributed by atoms with van der Waals surface area (Å²) in [6, 6.07) is 10.3. The van der Waals surface area contributed by atoms with Crippen LogP contribution in [0.25, 0.3) is 12.2 Å². The minimum atomic E-state index is -1.03. The Labute approximate surface area is 123 Å². The molecule has 4 nitrogen and oxygen atoms in total. The minimum Gasteiger partial charge on any atom is -0.480 e. The van der Waals surface area contributed by atoms with Gasteiger partial charge >= 0.3 is 5.97 Å². The highest BCUT2D eigenvalue weighted by molar-refractivity contribution is 5.72. The van der Waals surface area contributed by atoms with Gasteiger partial charge in [0.2, 0.25) is 0 Å². The first-order valence-electron chi connectivity index (χ1n) is 6.67. The molecule has 0 saturated carbocycles. The number of rotatable bonds is 4. The van der Waals surface area contributed by atoms with Crippen molar-refractivity contribution in [3.8, 4) is 0 Å². The fourth-order valence-electron chi connectivity index (χ4n) is 1.92. The van der Waals surface area contributed by atoms with Crippen molar-refractivity contribution >= 4 is 18.1 Å². The summed E-state index contributed by atoms with van der Waals surface area (Å²) in [5.74, 6) is -1.03. The number of pyridine rings is 1. The maximum atomic E-state index is 11.9. The van der Waals surface area contributed by atoms with Crippen LogP contribution in [0.15, 0.2) is 47.4 Å². The third-order valence-corrected chi connectivity index (χ3v) is 3.29. The van der Waals surface area contributed by atoms with E-state index in [1.54, 1.807) is 6.07 Å². The van der Waals surface area contributed by atoms with Gasteiger partial charge in [-0.2, -0.15) is 0 Å². The van der Waals surface area contributed by atoms with E-state index < -0.39 is 12.0 Å². The molecule has 1 atom stereocenters. The van der Waals surface area contributed by atoms with Crippen LogP contribution < -0.4 is 5.56 Å². The highest BCUT2D eigenvalue weighted by Crippen LogP contribution is 2.09. The molecule has 0 bridgehead atoms. The Kier molecular flexibility index (Phi) is 4.38. The van der Waals surface area contributed by atoms with Gasteiger partial charge in [0, 0.05) is 12.3 Å². The van der Waals surface area contributed by atoms with Gasteiger partial charge < -0.3 is 9.67 Å². The van der Waals surface area contributed by atoms with E-state index in [0.29, 0.717) is 0 Å². The normalized spacial score (nSPS) is 12.5. The van der Waals surface area contributed by atoms with Crippen LogP contribution in [-0.2, 0) is 4.79 Å². The maximum Gasteiger partial charge on any atom is 0.326 e. The summed E-state index contributed by atoms with van der Waals surface area (Å²) >= 11 is 0. The van der Waals surface area contributed by atoms with E-state index in [0.717, 1.165) is 11.1 Å². The number of aryl methyl sites for hydroxylation is 1. The molecular formula is C17H17NO3. The number of aliphatic carboxylic acids is 1. The van der Waals surface area contributed by atoms with Crippen molar-refractivity contribution in [1.29, 1.82) is 0 Å². The number of nitrogens with zero attached hydrogens (tertiary/aromatic N) is 1. The average molecular weight is 283 g/mol. The Balaban J connectivity index is 2.22. The molecule has 21 heavy (non-hydrogen) atoms. The third kappa shape index (κ3) is 3.69. The quantitative estimate of drug-likeness (QED) is 0.938. The van der Waals surface area contributed by atoms with Gasteiger partial charge in [-0.3, -0.25) is 4.79 Å². The number of benzene rings is 1. The predicted octanol–water partition coefficient (Wildman–Crippen LogP) is 2.97. The molecule has 1 aromatic carbocycles. The molecule has 4 heteroatoms. The van der Waals surface area contributed by atoms with Gasteiger partial charge in [0.25, 0.3) is 5.56 Å².